The summed E-state index contributed by atoms with van der Waals surface area (Å²) in [6, 6.07) is -6.00. The van der Waals surface area contributed by atoms with Crippen LogP contribution in [0.3, 0.4) is 0 Å². The van der Waals surface area contributed by atoms with Crippen LogP contribution in [0.15, 0.2) is 0 Å². The van der Waals surface area contributed by atoms with Gasteiger partial charge in [0.2, 0.25) is 29.5 Å². The van der Waals surface area contributed by atoms with Crippen LogP contribution in [0.1, 0.15) is 102 Å². The lowest BCUT2D eigenvalue weighted by Gasteiger charge is -2.32. The Kier molecular flexibility index (Phi) is 18.7. The van der Waals surface area contributed by atoms with Gasteiger partial charge >= 0.3 is 5.97 Å². The highest BCUT2D eigenvalue weighted by atomic mass is 16.4. The zero-order valence-electron chi connectivity index (χ0n) is 30.0. The van der Waals surface area contributed by atoms with E-state index in [4.69, 9.17) is 5.73 Å². The molecule has 46 heavy (non-hydrogen) atoms. The summed E-state index contributed by atoms with van der Waals surface area (Å²) in [7, 11) is 0. The summed E-state index contributed by atoms with van der Waals surface area (Å²) in [6.07, 6.45) is 1.79. The Morgan fingerprint density at radius 1 is 0.457 bits per heavy atom. The molecule has 0 fully saturated rings. The highest BCUT2D eigenvalue weighted by Crippen LogP contribution is 2.15. The van der Waals surface area contributed by atoms with Gasteiger partial charge in [-0.25, -0.2) is 4.79 Å². The Balaban J connectivity index is 6.07. The predicted molar refractivity (Wildman–Crippen MR) is 178 cm³/mol. The summed E-state index contributed by atoms with van der Waals surface area (Å²) in [5.74, 6) is -5.84. The number of hydrogen-bond donors (Lipinski definition) is 7. The fraction of sp³-hybridized carbons (Fsp3) is 0.818. The molecule has 0 radical (unpaired) electrons. The number of carbonyl (C=O) groups excluding carboxylic acids is 5. The van der Waals surface area contributed by atoms with Gasteiger partial charge in [0.15, 0.2) is 0 Å². The molecule has 8 N–H and O–H groups in total. The molecule has 13 heteroatoms. The highest BCUT2D eigenvalue weighted by Gasteiger charge is 2.37. The smallest absolute Gasteiger partial charge is 0.326 e. The van der Waals surface area contributed by atoms with Crippen LogP contribution in [0.4, 0.5) is 0 Å². The van der Waals surface area contributed by atoms with Gasteiger partial charge in [-0.1, -0.05) is 102 Å². The average Bonchev–Trinajstić information content (AvgIpc) is 2.99. The molecule has 5 amide bonds. The van der Waals surface area contributed by atoms with Gasteiger partial charge in [-0.15, -0.1) is 0 Å². The number of nitrogens with one attached hydrogen (secondary N) is 5. The highest BCUT2D eigenvalue weighted by molar-refractivity contribution is 5.96. The first-order valence-electron chi connectivity index (χ1n) is 16.7. The van der Waals surface area contributed by atoms with Crippen LogP contribution in [0, 0.1) is 35.5 Å². The Hall–Kier alpha value is -3.22. The van der Waals surface area contributed by atoms with E-state index in [1.54, 1.807) is 48.5 Å². The molecule has 0 aromatic heterocycles. The SMILES string of the molecule is CC[C@H](C)[C@H](N)C(=O)N[C@H](C(=O)N[C@H](C(=O)N[C@H](C(=O)N[C@H](C(=O)N[C@H](C(=O)O)C(C)C)C(C)C)[C@@H](C)CC)C(C)C)[C@@H](C)CC. The van der Waals surface area contributed by atoms with Crippen LogP contribution < -0.4 is 32.3 Å². The third-order valence-corrected chi connectivity index (χ3v) is 8.87. The summed E-state index contributed by atoms with van der Waals surface area (Å²) in [4.78, 5) is 78.4. The molecule has 0 aliphatic carbocycles. The van der Waals surface area contributed by atoms with Crippen LogP contribution in [-0.4, -0.2) is 76.9 Å². The molecule has 9 atom stereocenters. The summed E-state index contributed by atoms with van der Waals surface area (Å²) in [6.45, 7) is 21.4. The first kappa shape index (κ1) is 42.8. The summed E-state index contributed by atoms with van der Waals surface area (Å²) < 4.78 is 0. The number of aliphatic carboxylic acids is 1. The number of amides is 5. The largest absolute Gasteiger partial charge is 0.480 e. The van der Waals surface area contributed by atoms with Crippen molar-refractivity contribution in [2.24, 2.45) is 41.2 Å². The molecule has 0 heterocycles. The van der Waals surface area contributed by atoms with Crippen LogP contribution in [-0.2, 0) is 28.8 Å². The van der Waals surface area contributed by atoms with Crippen molar-refractivity contribution in [1.29, 1.82) is 0 Å². The normalized spacial score (nSPS) is 17.5. The topological polar surface area (TPSA) is 209 Å². The maximum atomic E-state index is 13.7. The number of hydrogen-bond acceptors (Lipinski definition) is 7. The Bertz CT molecular complexity index is 1030. The number of rotatable bonds is 20. The molecule has 266 valence electrons. The van der Waals surface area contributed by atoms with Crippen LogP contribution >= 0.6 is 0 Å². The van der Waals surface area contributed by atoms with Crippen molar-refractivity contribution in [2.75, 3.05) is 0 Å². The molecule has 0 unspecified atom stereocenters. The second kappa shape index (κ2) is 20.1. The monoisotopic (exact) mass is 654 g/mol. The number of carbonyl (C=O) groups is 6. The van der Waals surface area contributed by atoms with Crippen molar-refractivity contribution in [3.05, 3.63) is 0 Å². The maximum absolute atomic E-state index is 13.7. The summed E-state index contributed by atoms with van der Waals surface area (Å²) in [5, 5.41) is 23.1. The van der Waals surface area contributed by atoms with Crippen molar-refractivity contribution in [3.63, 3.8) is 0 Å². The molecule has 0 spiro atoms. The lowest BCUT2D eigenvalue weighted by Crippen LogP contribution is -2.62. The van der Waals surface area contributed by atoms with Gasteiger partial charge in [-0.05, 0) is 35.5 Å². The summed E-state index contributed by atoms with van der Waals surface area (Å²) >= 11 is 0. The molecule has 13 nitrogen and oxygen atoms in total. The Labute approximate surface area is 275 Å². The Morgan fingerprint density at radius 2 is 0.717 bits per heavy atom. The van der Waals surface area contributed by atoms with E-state index in [-0.39, 0.29) is 35.5 Å². The molecule has 0 rings (SSSR count). The van der Waals surface area contributed by atoms with E-state index < -0.39 is 71.8 Å². The average molecular weight is 655 g/mol. The van der Waals surface area contributed by atoms with E-state index in [9.17, 15) is 33.9 Å². The van der Waals surface area contributed by atoms with Crippen molar-refractivity contribution in [2.45, 2.75) is 139 Å². The molecule has 0 aliphatic rings. The number of carboxylic acids is 1. The minimum Gasteiger partial charge on any atom is -0.480 e. The van der Waals surface area contributed by atoms with Gasteiger partial charge in [0.1, 0.15) is 30.2 Å². The minimum absolute atomic E-state index is 0.0892. The minimum atomic E-state index is -1.18. The maximum Gasteiger partial charge on any atom is 0.326 e. The van der Waals surface area contributed by atoms with Crippen LogP contribution in [0.5, 0.6) is 0 Å². The van der Waals surface area contributed by atoms with Crippen molar-refractivity contribution >= 4 is 35.5 Å². The van der Waals surface area contributed by atoms with Gasteiger partial charge < -0.3 is 37.4 Å². The molecular formula is C33H62N6O7. The summed E-state index contributed by atoms with van der Waals surface area (Å²) in [5.41, 5.74) is 6.11. The van der Waals surface area contributed by atoms with Crippen LogP contribution in [0.25, 0.3) is 0 Å². The van der Waals surface area contributed by atoms with Gasteiger partial charge in [0.25, 0.3) is 0 Å². The van der Waals surface area contributed by atoms with Crippen molar-refractivity contribution in [1.82, 2.24) is 26.6 Å². The van der Waals surface area contributed by atoms with E-state index in [0.717, 1.165) is 0 Å². The van der Waals surface area contributed by atoms with Gasteiger partial charge in [-0.2, -0.15) is 0 Å². The molecular weight excluding hydrogens is 592 g/mol. The number of nitrogens with two attached hydrogens (primary N) is 1. The van der Waals surface area contributed by atoms with Crippen molar-refractivity contribution < 1.29 is 33.9 Å². The second-order valence-electron chi connectivity index (χ2n) is 13.7. The van der Waals surface area contributed by atoms with Gasteiger partial charge in [0.05, 0.1) is 6.04 Å². The standard InChI is InChI=1S/C33H62N6O7/c1-13-19(10)22(34)28(40)38-26(20(11)14-2)31(43)36-24(17(6)7)30(42)39-27(21(12)15-3)32(44)35-23(16(4)5)29(41)37-25(18(8)9)33(45)46/h16-27H,13-15,34H2,1-12H3,(H,35,44)(H,36,43)(H,37,41)(H,38,40)(H,39,42)(H,45,46)/t19-,20-,21-,22-,23-,24-,25-,26-,27-/m0/s1. The molecule has 0 saturated heterocycles. The number of carboxylic acid groups (broad SMARTS) is 1. The van der Waals surface area contributed by atoms with Crippen molar-refractivity contribution in [3.8, 4) is 0 Å². The molecule has 0 aromatic rings. The van der Waals surface area contributed by atoms with E-state index in [1.165, 1.54) is 0 Å². The third kappa shape index (κ3) is 12.9. The van der Waals surface area contributed by atoms with Gasteiger partial charge in [-0.3, -0.25) is 24.0 Å². The lowest BCUT2D eigenvalue weighted by atomic mass is 9.93. The fourth-order valence-electron chi connectivity index (χ4n) is 4.72. The first-order valence-corrected chi connectivity index (χ1v) is 16.7. The second-order valence-corrected chi connectivity index (χ2v) is 13.7. The predicted octanol–water partition coefficient (Wildman–Crippen LogP) is 1.93. The van der Waals surface area contributed by atoms with E-state index in [2.05, 4.69) is 26.6 Å². The van der Waals surface area contributed by atoms with E-state index in [1.807, 2.05) is 34.6 Å². The van der Waals surface area contributed by atoms with E-state index in [0.29, 0.717) is 19.3 Å². The van der Waals surface area contributed by atoms with Gasteiger partial charge in [0, 0.05) is 0 Å². The zero-order valence-corrected chi connectivity index (χ0v) is 30.0. The molecule has 0 saturated carbocycles. The molecule has 0 aromatic carbocycles. The van der Waals surface area contributed by atoms with Crippen LogP contribution in [0.2, 0.25) is 0 Å². The Morgan fingerprint density at radius 3 is 1.00 bits per heavy atom. The fourth-order valence-corrected chi connectivity index (χ4v) is 4.72. The lowest BCUT2D eigenvalue weighted by molar-refractivity contribution is -0.144. The van der Waals surface area contributed by atoms with E-state index >= 15 is 0 Å². The zero-order chi connectivity index (χ0) is 36.0. The molecule has 0 aliphatic heterocycles. The quantitative estimate of drug-likeness (QED) is 0.103. The molecule has 0 bridgehead atoms. The third-order valence-electron chi connectivity index (χ3n) is 8.87. The first-order chi connectivity index (χ1) is 21.2.